The Hall–Kier alpha value is -1.92. The minimum atomic E-state index is -0.240. The largest absolute Gasteiger partial charge is 0.370 e. The second-order valence-corrected chi connectivity index (χ2v) is 1.71. The first-order valence-corrected chi connectivity index (χ1v) is 2.74. The van der Waals surface area contributed by atoms with Gasteiger partial charge >= 0.3 is 0 Å². The van der Waals surface area contributed by atoms with Crippen molar-refractivity contribution in [1.82, 2.24) is 15.0 Å². The lowest BCUT2D eigenvalue weighted by Crippen LogP contribution is -2.22. The highest BCUT2D eigenvalue weighted by molar-refractivity contribution is 5.87. The zero-order chi connectivity index (χ0) is 8.27. The van der Waals surface area contributed by atoms with Gasteiger partial charge in [0.1, 0.15) is 6.33 Å². The summed E-state index contributed by atoms with van der Waals surface area (Å²) < 4.78 is 0. The van der Waals surface area contributed by atoms with E-state index in [0.29, 0.717) is 0 Å². The number of guanidine groups is 1. The summed E-state index contributed by atoms with van der Waals surface area (Å²) >= 11 is 0. The first-order chi connectivity index (χ1) is 5.18. The second-order valence-electron chi connectivity index (χ2n) is 1.71. The average Bonchev–Trinajstić information content (AvgIpc) is 1.85. The zero-order valence-corrected chi connectivity index (χ0v) is 5.57. The average molecular weight is 153 g/mol. The van der Waals surface area contributed by atoms with Crippen molar-refractivity contribution in [3.63, 3.8) is 0 Å². The molecule has 6 N–H and O–H groups in total. The molecule has 58 valence electrons. The summed E-state index contributed by atoms with van der Waals surface area (Å²) in [5, 5.41) is 9.19. The van der Waals surface area contributed by atoms with Crippen LogP contribution in [0.2, 0.25) is 0 Å². The van der Waals surface area contributed by atoms with Gasteiger partial charge in [0.15, 0.2) is 5.96 Å². The molecule has 0 spiro atoms. The van der Waals surface area contributed by atoms with Crippen molar-refractivity contribution < 1.29 is 0 Å². The lowest BCUT2D eigenvalue weighted by molar-refractivity contribution is 1.07. The van der Waals surface area contributed by atoms with Gasteiger partial charge in [-0.2, -0.15) is 4.98 Å². The number of anilines is 2. The van der Waals surface area contributed by atoms with Crippen molar-refractivity contribution in [3.05, 3.63) is 6.33 Å². The highest BCUT2D eigenvalue weighted by Crippen LogP contribution is 1.95. The van der Waals surface area contributed by atoms with Crippen LogP contribution in [0.3, 0.4) is 0 Å². The summed E-state index contributed by atoms with van der Waals surface area (Å²) in [6.07, 6.45) is 1.23. The molecule has 0 radical (unpaired) electrons. The molecule has 1 aromatic heterocycles. The van der Waals surface area contributed by atoms with Crippen LogP contribution in [0.5, 0.6) is 0 Å². The van der Waals surface area contributed by atoms with E-state index >= 15 is 0 Å². The summed E-state index contributed by atoms with van der Waals surface area (Å²) in [6.45, 7) is 0. The van der Waals surface area contributed by atoms with Gasteiger partial charge in [-0.15, -0.1) is 0 Å². The fourth-order valence-electron chi connectivity index (χ4n) is 0.490. The van der Waals surface area contributed by atoms with Crippen LogP contribution in [0.1, 0.15) is 0 Å². The van der Waals surface area contributed by atoms with Crippen LogP contribution in [-0.4, -0.2) is 20.9 Å². The molecule has 0 saturated carbocycles. The Bertz CT molecular complexity index is 269. The third kappa shape index (κ3) is 2.05. The standard InChI is InChI=1S/C4H7N7/c5-2(6)10-4-9-1-8-3(7)11-4/h1H,(H6,5,6,7,8,9,10,11). The Morgan fingerprint density at radius 2 is 2.27 bits per heavy atom. The molecule has 0 saturated heterocycles. The van der Waals surface area contributed by atoms with Gasteiger partial charge in [0.25, 0.3) is 0 Å². The van der Waals surface area contributed by atoms with Gasteiger partial charge in [0.05, 0.1) is 0 Å². The van der Waals surface area contributed by atoms with Gasteiger partial charge < -0.3 is 11.5 Å². The van der Waals surface area contributed by atoms with E-state index in [1.54, 1.807) is 0 Å². The van der Waals surface area contributed by atoms with Gasteiger partial charge in [-0.3, -0.25) is 10.7 Å². The quantitative estimate of drug-likeness (QED) is 0.295. The molecule has 0 fully saturated rings. The van der Waals surface area contributed by atoms with Crippen LogP contribution < -0.4 is 16.8 Å². The number of nitrogen functional groups attached to an aromatic ring is 1. The fourth-order valence-corrected chi connectivity index (χ4v) is 0.490. The molecular formula is C4H7N7. The molecule has 7 nitrogen and oxygen atoms in total. The van der Waals surface area contributed by atoms with Crippen LogP contribution in [0.4, 0.5) is 11.9 Å². The molecule has 7 heteroatoms. The molecule has 1 rings (SSSR count). The van der Waals surface area contributed by atoms with E-state index in [9.17, 15) is 0 Å². The van der Waals surface area contributed by atoms with Crippen LogP contribution in [0.15, 0.2) is 6.33 Å². The molecule has 11 heavy (non-hydrogen) atoms. The monoisotopic (exact) mass is 153 g/mol. The maximum absolute atomic E-state index is 6.83. The number of nitrogens with two attached hydrogens (primary N) is 2. The highest BCUT2D eigenvalue weighted by atomic mass is 15.2. The van der Waals surface area contributed by atoms with Crippen molar-refractivity contribution in [2.24, 2.45) is 5.73 Å². The van der Waals surface area contributed by atoms with Gasteiger partial charge in [-0.1, -0.05) is 0 Å². The Labute approximate surface area is 62.4 Å². The molecule has 0 aliphatic heterocycles. The van der Waals surface area contributed by atoms with E-state index in [2.05, 4.69) is 20.3 Å². The van der Waals surface area contributed by atoms with E-state index < -0.39 is 0 Å². The molecule has 0 amide bonds. The fraction of sp³-hybridized carbons (Fsp3) is 0. The number of aromatic nitrogens is 3. The Balaban J connectivity index is 2.79. The topological polar surface area (TPSA) is 127 Å². The number of nitrogens with one attached hydrogen (secondary N) is 2. The van der Waals surface area contributed by atoms with Crippen molar-refractivity contribution in [1.29, 1.82) is 5.41 Å². The molecule has 0 aliphatic carbocycles. The minimum Gasteiger partial charge on any atom is -0.370 e. The van der Waals surface area contributed by atoms with E-state index in [1.807, 2.05) is 0 Å². The van der Waals surface area contributed by atoms with Gasteiger partial charge in [-0.25, -0.2) is 9.97 Å². The molecule has 1 aromatic rings. The zero-order valence-electron chi connectivity index (χ0n) is 5.57. The molecule has 1 heterocycles. The van der Waals surface area contributed by atoms with E-state index in [1.165, 1.54) is 6.33 Å². The highest BCUT2D eigenvalue weighted by Gasteiger charge is 1.96. The molecule has 0 unspecified atom stereocenters. The molecule has 0 aromatic carbocycles. The van der Waals surface area contributed by atoms with Crippen molar-refractivity contribution in [2.75, 3.05) is 11.1 Å². The predicted molar refractivity (Wildman–Crippen MR) is 39.8 cm³/mol. The van der Waals surface area contributed by atoms with Crippen LogP contribution in [0, 0.1) is 5.41 Å². The van der Waals surface area contributed by atoms with Gasteiger partial charge in [-0.05, 0) is 0 Å². The Kier molecular flexibility index (Phi) is 1.81. The number of rotatable bonds is 1. The summed E-state index contributed by atoms with van der Waals surface area (Å²) in [6, 6.07) is 0. The SMILES string of the molecule is N=C(N)Nc1ncnc(N)n1. The first kappa shape index (κ1) is 7.19. The third-order valence-electron chi connectivity index (χ3n) is 0.837. The predicted octanol–water partition coefficient (Wildman–Crippen LogP) is -1.24. The maximum Gasteiger partial charge on any atom is 0.234 e. The number of hydrogen-bond donors (Lipinski definition) is 4. The van der Waals surface area contributed by atoms with E-state index in [-0.39, 0.29) is 17.9 Å². The lowest BCUT2D eigenvalue weighted by Gasteiger charge is -1.99. The third-order valence-corrected chi connectivity index (χ3v) is 0.837. The minimum absolute atomic E-state index is 0.0868. The molecular weight excluding hydrogens is 146 g/mol. The number of nitrogens with zero attached hydrogens (tertiary/aromatic N) is 3. The summed E-state index contributed by atoms with van der Waals surface area (Å²) in [5.74, 6) is 0.0179. The summed E-state index contributed by atoms with van der Waals surface area (Å²) in [5.41, 5.74) is 10.2. The number of hydrogen-bond acceptors (Lipinski definition) is 5. The Morgan fingerprint density at radius 3 is 2.82 bits per heavy atom. The van der Waals surface area contributed by atoms with Crippen molar-refractivity contribution in [3.8, 4) is 0 Å². The smallest absolute Gasteiger partial charge is 0.234 e. The van der Waals surface area contributed by atoms with E-state index in [4.69, 9.17) is 16.9 Å². The van der Waals surface area contributed by atoms with Crippen molar-refractivity contribution >= 4 is 17.9 Å². The molecule has 0 atom stereocenters. The van der Waals surface area contributed by atoms with Crippen molar-refractivity contribution in [2.45, 2.75) is 0 Å². The molecule has 0 bridgehead atoms. The molecule has 0 aliphatic rings. The van der Waals surface area contributed by atoms with Gasteiger partial charge in [0.2, 0.25) is 11.9 Å². The van der Waals surface area contributed by atoms with Crippen LogP contribution >= 0.6 is 0 Å². The maximum atomic E-state index is 6.83. The second kappa shape index (κ2) is 2.78. The Morgan fingerprint density at radius 1 is 1.55 bits per heavy atom. The van der Waals surface area contributed by atoms with Crippen LogP contribution in [0.25, 0.3) is 0 Å². The summed E-state index contributed by atoms with van der Waals surface area (Å²) in [4.78, 5) is 10.8. The first-order valence-electron chi connectivity index (χ1n) is 2.74. The normalized spacial score (nSPS) is 9.09. The van der Waals surface area contributed by atoms with Gasteiger partial charge in [0, 0.05) is 0 Å². The van der Waals surface area contributed by atoms with E-state index in [0.717, 1.165) is 0 Å². The summed E-state index contributed by atoms with van der Waals surface area (Å²) in [7, 11) is 0. The lowest BCUT2D eigenvalue weighted by atomic mass is 10.8. The van der Waals surface area contributed by atoms with Crippen LogP contribution in [-0.2, 0) is 0 Å².